The Morgan fingerprint density at radius 1 is 0.277 bits per heavy atom. The number of hydrogen-bond acceptors (Lipinski definition) is 0. The zero-order chi connectivity index (χ0) is 30.9. The molecule has 1 heteroatoms. The van der Waals surface area contributed by atoms with Crippen LogP contribution in [0.15, 0.2) is 176 Å². The van der Waals surface area contributed by atoms with Gasteiger partial charge in [0, 0.05) is 16.2 Å². The van der Waals surface area contributed by atoms with E-state index in [-0.39, 0.29) is 0 Å². The lowest BCUT2D eigenvalue weighted by atomic mass is 9.91. The van der Waals surface area contributed by atoms with E-state index in [0.29, 0.717) is 0 Å². The summed E-state index contributed by atoms with van der Waals surface area (Å²) in [7, 11) is 0. The molecule has 0 saturated heterocycles. The molecule has 0 amide bonds. The fourth-order valence-electron chi connectivity index (χ4n) is 7.79. The second kappa shape index (κ2) is 10.2. The van der Waals surface area contributed by atoms with Crippen molar-refractivity contribution in [3.63, 3.8) is 0 Å². The highest BCUT2D eigenvalue weighted by Gasteiger charge is 2.17. The van der Waals surface area contributed by atoms with Crippen LogP contribution in [-0.2, 0) is 0 Å². The highest BCUT2D eigenvalue weighted by molar-refractivity contribution is 6.16. The van der Waals surface area contributed by atoms with Crippen molar-refractivity contribution in [1.82, 2.24) is 4.57 Å². The second-order valence-corrected chi connectivity index (χ2v) is 12.5. The van der Waals surface area contributed by atoms with Crippen LogP contribution in [0.2, 0.25) is 0 Å². The Morgan fingerprint density at radius 2 is 0.809 bits per heavy atom. The Morgan fingerprint density at radius 3 is 1.57 bits per heavy atom. The molecule has 0 atom stereocenters. The van der Waals surface area contributed by atoms with Gasteiger partial charge in [-0.25, -0.2) is 0 Å². The molecule has 1 nitrogen and oxygen atoms in total. The molecule has 10 aromatic rings. The summed E-state index contributed by atoms with van der Waals surface area (Å²) in [5.74, 6) is 0. The molecule has 0 spiro atoms. The van der Waals surface area contributed by atoms with Gasteiger partial charge in [-0.2, -0.15) is 0 Å². The van der Waals surface area contributed by atoms with Gasteiger partial charge in [0.2, 0.25) is 0 Å². The maximum absolute atomic E-state index is 2.46. The van der Waals surface area contributed by atoms with E-state index in [2.05, 4.69) is 180 Å². The number of hydrogen-bond donors (Lipinski definition) is 0. The minimum Gasteiger partial charge on any atom is -0.309 e. The van der Waals surface area contributed by atoms with Gasteiger partial charge in [0.25, 0.3) is 0 Å². The third kappa shape index (κ3) is 3.97. The Balaban J connectivity index is 1.19. The highest BCUT2D eigenvalue weighted by atomic mass is 15.0. The van der Waals surface area contributed by atoms with Crippen molar-refractivity contribution in [1.29, 1.82) is 0 Å². The fourth-order valence-corrected chi connectivity index (χ4v) is 7.79. The predicted octanol–water partition coefficient (Wildman–Crippen LogP) is 12.7. The van der Waals surface area contributed by atoms with E-state index < -0.39 is 0 Å². The Kier molecular flexibility index (Phi) is 5.64. The molecule has 0 fully saturated rings. The minimum absolute atomic E-state index is 1.21. The van der Waals surface area contributed by atoms with Crippen LogP contribution in [0.25, 0.3) is 92.8 Å². The van der Waals surface area contributed by atoms with Crippen molar-refractivity contribution in [2.45, 2.75) is 0 Å². The van der Waals surface area contributed by atoms with Crippen LogP contribution in [0.3, 0.4) is 0 Å². The topological polar surface area (TPSA) is 4.93 Å². The zero-order valence-corrected chi connectivity index (χ0v) is 25.7. The van der Waals surface area contributed by atoms with Crippen molar-refractivity contribution in [3.8, 4) is 27.9 Å². The summed E-state index contributed by atoms with van der Waals surface area (Å²) in [6.07, 6.45) is 0. The van der Waals surface area contributed by atoms with Crippen molar-refractivity contribution in [2.75, 3.05) is 0 Å². The average molecular weight is 596 g/mol. The third-order valence-corrected chi connectivity index (χ3v) is 9.93. The summed E-state index contributed by atoms with van der Waals surface area (Å²) in [6.45, 7) is 0. The highest BCUT2D eigenvalue weighted by Crippen LogP contribution is 2.40. The van der Waals surface area contributed by atoms with E-state index in [1.165, 1.54) is 92.8 Å². The molecular weight excluding hydrogens is 567 g/mol. The number of nitrogens with zero attached hydrogens (tertiary/aromatic N) is 1. The standard InChI is InChI=1S/C46H29N/c1-3-16-35-33(12-1)28-42(39-20-6-5-18-37(35)39)32-15-11-14-30(26-32)31-24-25-45-43(27-31)41-22-9-10-23-44(41)47(45)46-29-34-13-2-4-17-36(34)38-19-7-8-21-40(38)46/h1-29H. The summed E-state index contributed by atoms with van der Waals surface area (Å²) in [5, 5.41) is 12.7. The Labute approximate surface area is 272 Å². The number of aromatic nitrogens is 1. The fraction of sp³-hybridized carbons (Fsp3) is 0. The van der Waals surface area contributed by atoms with Gasteiger partial charge in [0.05, 0.1) is 16.7 Å². The maximum Gasteiger partial charge on any atom is 0.0546 e. The van der Waals surface area contributed by atoms with E-state index in [4.69, 9.17) is 0 Å². The van der Waals surface area contributed by atoms with Gasteiger partial charge in [0.1, 0.15) is 0 Å². The smallest absolute Gasteiger partial charge is 0.0546 e. The Bertz CT molecular complexity index is 2850. The number of para-hydroxylation sites is 1. The molecule has 0 unspecified atom stereocenters. The summed E-state index contributed by atoms with van der Waals surface area (Å²) in [6, 6.07) is 64.6. The van der Waals surface area contributed by atoms with Gasteiger partial charge < -0.3 is 4.57 Å². The van der Waals surface area contributed by atoms with E-state index >= 15 is 0 Å². The molecule has 1 heterocycles. The summed E-state index contributed by atoms with van der Waals surface area (Å²) in [5.41, 5.74) is 8.58. The molecule has 10 rings (SSSR count). The zero-order valence-electron chi connectivity index (χ0n) is 25.7. The molecule has 0 aliphatic carbocycles. The third-order valence-electron chi connectivity index (χ3n) is 9.93. The summed E-state index contributed by atoms with van der Waals surface area (Å²) < 4.78 is 2.46. The van der Waals surface area contributed by atoms with Crippen LogP contribution in [0.4, 0.5) is 0 Å². The van der Waals surface area contributed by atoms with E-state index in [9.17, 15) is 0 Å². The second-order valence-electron chi connectivity index (χ2n) is 12.5. The minimum atomic E-state index is 1.21. The number of rotatable bonds is 3. The van der Waals surface area contributed by atoms with Crippen LogP contribution >= 0.6 is 0 Å². The molecule has 0 bridgehead atoms. The van der Waals surface area contributed by atoms with Gasteiger partial charge in [0.15, 0.2) is 0 Å². The molecule has 0 aliphatic rings. The van der Waals surface area contributed by atoms with Crippen LogP contribution in [0.5, 0.6) is 0 Å². The van der Waals surface area contributed by atoms with E-state index in [1.807, 2.05) is 0 Å². The summed E-state index contributed by atoms with van der Waals surface area (Å²) >= 11 is 0. The van der Waals surface area contributed by atoms with Gasteiger partial charge >= 0.3 is 0 Å². The first-order chi connectivity index (χ1) is 23.3. The molecule has 1 aromatic heterocycles. The van der Waals surface area contributed by atoms with Crippen molar-refractivity contribution >= 4 is 64.9 Å². The van der Waals surface area contributed by atoms with Gasteiger partial charge in [-0.05, 0) is 96.4 Å². The predicted molar refractivity (Wildman–Crippen MR) is 202 cm³/mol. The average Bonchev–Trinajstić information content (AvgIpc) is 3.48. The molecule has 218 valence electrons. The monoisotopic (exact) mass is 595 g/mol. The largest absolute Gasteiger partial charge is 0.309 e. The number of fused-ring (bicyclic) bond motifs is 9. The van der Waals surface area contributed by atoms with Crippen LogP contribution in [0, 0.1) is 0 Å². The molecule has 0 radical (unpaired) electrons. The first kappa shape index (κ1) is 26.1. The molecule has 47 heavy (non-hydrogen) atoms. The van der Waals surface area contributed by atoms with Gasteiger partial charge in [-0.3, -0.25) is 0 Å². The lowest BCUT2D eigenvalue weighted by molar-refractivity contribution is 1.20. The molecular formula is C46H29N. The normalized spacial score (nSPS) is 11.8. The molecule has 0 saturated carbocycles. The van der Waals surface area contributed by atoms with Crippen LogP contribution in [-0.4, -0.2) is 4.57 Å². The quantitative estimate of drug-likeness (QED) is 0.179. The first-order valence-electron chi connectivity index (χ1n) is 16.3. The lowest BCUT2D eigenvalue weighted by Gasteiger charge is -2.14. The van der Waals surface area contributed by atoms with Crippen LogP contribution in [0.1, 0.15) is 0 Å². The molecule has 0 N–H and O–H groups in total. The lowest BCUT2D eigenvalue weighted by Crippen LogP contribution is -1.96. The summed E-state index contributed by atoms with van der Waals surface area (Å²) in [4.78, 5) is 0. The van der Waals surface area contributed by atoms with E-state index in [1.54, 1.807) is 0 Å². The first-order valence-corrected chi connectivity index (χ1v) is 16.3. The van der Waals surface area contributed by atoms with Gasteiger partial charge in [-0.15, -0.1) is 0 Å². The molecule has 0 aliphatic heterocycles. The van der Waals surface area contributed by atoms with Crippen molar-refractivity contribution in [2.24, 2.45) is 0 Å². The van der Waals surface area contributed by atoms with Crippen molar-refractivity contribution < 1.29 is 0 Å². The number of benzene rings is 9. The van der Waals surface area contributed by atoms with Gasteiger partial charge in [-0.1, -0.05) is 140 Å². The van der Waals surface area contributed by atoms with E-state index in [0.717, 1.165) is 0 Å². The van der Waals surface area contributed by atoms with Crippen LogP contribution < -0.4 is 0 Å². The Hall–Kier alpha value is -6.18. The molecule has 9 aromatic carbocycles. The maximum atomic E-state index is 2.46. The SMILES string of the molecule is c1cc(-c2ccc3c(c2)c2ccccc2n3-c2cc3ccccc3c3ccccc23)cc(-c2cc3ccccc3c3ccccc23)c1. The van der Waals surface area contributed by atoms with Crippen molar-refractivity contribution in [3.05, 3.63) is 176 Å².